The summed E-state index contributed by atoms with van der Waals surface area (Å²) >= 11 is 0. The highest BCUT2D eigenvalue weighted by atomic mass is 16.5. The molecule has 0 saturated carbocycles. The summed E-state index contributed by atoms with van der Waals surface area (Å²) in [5.41, 5.74) is 11.2. The first kappa shape index (κ1) is 12.5. The van der Waals surface area contributed by atoms with Crippen LogP contribution in [0.2, 0.25) is 0 Å². The summed E-state index contributed by atoms with van der Waals surface area (Å²) in [6.45, 7) is 4.08. The van der Waals surface area contributed by atoms with Crippen LogP contribution in [0.5, 0.6) is 5.75 Å². The fourth-order valence-corrected chi connectivity index (χ4v) is 2.49. The highest BCUT2D eigenvalue weighted by Crippen LogP contribution is 2.31. The molecule has 0 spiro atoms. The van der Waals surface area contributed by atoms with E-state index in [0.717, 1.165) is 33.6 Å². The predicted octanol–water partition coefficient (Wildman–Crippen LogP) is 3.23. The molecule has 3 aromatic rings. The van der Waals surface area contributed by atoms with Gasteiger partial charge in [0.25, 0.3) is 0 Å². The highest BCUT2D eigenvalue weighted by molar-refractivity contribution is 5.84. The van der Waals surface area contributed by atoms with E-state index in [9.17, 15) is 0 Å². The van der Waals surface area contributed by atoms with Crippen LogP contribution < -0.4 is 10.5 Å². The average Bonchev–Trinajstić information content (AvgIpc) is 2.76. The van der Waals surface area contributed by atoms with Gasteiger partial charge in [0.15, 0.2) is 0 Å². The van der Waals surface area contributed by atoms with Gasteiger partial charge in [0.05, 0.1) is 23.8 Å². The van der Waals surface area contributed by atoms with Crippen LogP contribution in [-0.4, -0.2) is 16.7 Å². The molecule has 0 aliphatic heterocycles. The number of hydrogen-bond donors (Lipinski definition) is 1. The van der Waals surface area contributed by atoms with Gasteiger partial charge in [-0.2, -0.15) is 0 Å². The first-order valence-electron chi connectivity index (χ1n) is 6.50. The second-order valence-corrected chi connectivity index (χ2v) is 4.92. The van der Waals surface area contributed by atoms with Crippen molar-refractivity contribution in [1.82, 2.24) is 9.55 Å². The van der Waals surface area contributed by atoms with Crippen LogP contribution in [-0.2, 0) is 0 Å². The molecule has 20 heavy (non-hydrogen) atoms. The molecular formula is C16H17N3O. The first-order chi connectivity index (χ1) is 9.61. The molecule has 0 saturated heterocycles. The van der Waals surface area contributed by atoms with Gasteiger partial charge in [-0.25, -0.2) is 4.98 Å². The molecule has 4 heteroatoms. The molecule has 0 unspecified atom stereocenters. The largest absolute Gasteiger partial charge is 0.495 e. The summed E-state index contributed by atoms with van der Waals surface area (Å²) in [5, 5.41) is 0. The lowest BCUT2D eigenvalue weighted by Gasteiger charge is -2.12. The number of rotatable bonds is 2. The molecule has 3 rings (SSSR count). The number of aromatic nitrogens is 2. The summed E-state index contributed by atoms with van der Waals surface area (Å²) in [5.74, 6) is 1.25. The molecule has 0 bridgehead atoms. The van der Waals surface area contributed by atoms with Crippen LogP contribution in [0.15, 0.2) is 36.4 Å². The summed E-state index contributed by atoms with van der Waals surface area (Å²) < 4.78 is 7.39. The van der Waals surface area contributed by atoms with Crippen molar-refractivity contribution in [2.24, 2.45) is 0 Å². The average molecular weight is 267 g/mol. The Hall–Kier alpha value is -2.49. The molecule has 0 aliphatic rings. The number of aryl methyl sites for hydroxylation is 2. The summed E-state index contributed by atoms with van der Waals surface area (Å²) in [6.07, 6.45) is 0. The number of hydrogen-bond acceptors (Lipinski definition) is 3. The third-order valence-corrected chi connectivity index (χ3v) is 3.49. The number of fused-ring (bicyclic) bond motifs is 1. The molecule has 0 radical (unpaired) electrons. The molecule has 1 aromatic heterocycles. The zero-order chi connectivity index (χ0) is 14.3. The van der Waals surface area contributed by atoms with E-state index in [2.05, 4.69) is 11.1 Å². The fraction of sp³-hybridized carbons (Fsp3) is 0.188. The quantitative estimate of drug-likeness (QED) is 0.775. The number of nitrogens with two attached hydrogens (primary N) is 1. The predicted molar refractivity (Wildman–Crippen MR) is 81.5 cm³/mol. The minimum atomic E-state index is 0.471. The normalized spacial score (nSPS) is 10.9. The molecule has 2 N–H and O–H groups in total. The van der Waals surface area contributed by atoms with E-state index in [4.69, 9.17) is 10.5 Å². The van der Waals surface area contributed by atoms with Crippen molar-refractivity contribution in [3.05, 3.63) is 47.5 Å². The van der Waals surface area contributed by atoms with Gasteiger partial charge in [-0.15, -0.1) is 0 Å². The number of para-hydroxylation sites is 1. The maximum Gasteiger partial charge on any atom is 0.206 e. The Kier molecular flexibility index (Phi) is 2.86. The van der Waals surface area contributed by atoms with Gasteiger partial charge in [0, 0.05) is 0 Å². The smallest absolute Gasteiger partial charge is 0.206 e. The summed E-state index contributed by atoms with van der Waals surface area (Å²) in [7, 11) is 1.66. The van der Waals surface area contributed by atoms with E-state index < -0.39 is 0 Å². The van der Waals surface area contributed by atoms with Crippen molar-refractivity contribution in [3.8, 4) is 11.4 Å². The molecule has 0 fully saturated rings. The van der Waals surface area contributed by atoms with Gasteiger partial charge in [-0.3, -0.25) is 4.57 Å². The molecule has 0 aliphatic carbocycles. The summed E-state index contributed by atoms with van der Waals surface area (Å²) in [6, 6.07) is 12.1. The fourth-order valence-electron chi connectivity index (χ4n) is 2.49. The van der Waals surface area contributed by atoms with Crippen LogP contribution in [0, 0.1) is 13.8 Å². The van der Waals surface area contributed by atoms with Crippen LogP contribution in [0.3, 0.4) is 0 Å². The number of benzene rings is 2. The van der Waals surface area contributed by atoms with Gasteiger partial charge >= 0.3 is 0 Å². The maximum atomic E-state index is 6.12. The zero-order valence-corrected chi connectivity index (χ0v) is 11.8. The van der Waals surface area contributed by atoms with E-state index in [1.54, 1.807) is 7.11 Å². The number of nitrogen functional groups attached to an aromatic ring is 1. The zero-order valence-electron chi connectivity index (χ0n) is 11.8. The van der Waals surface area contributed by atoms with Crippen LogP contribution >= 0.6 is 0 Å². The second kappa shape index (κ2) is 4.56. The number of anilines is 1. The minimum Gasteiger partial charge on any atom is -0.495 e. The Morgan fingerprint density at radius 3 is 2.70 bits per heavy atom. The molecule has 102 valence electrons. The molecular weight excluding hydrogens is 250 g/mol. The van der Waals surface area contributed by atoms with Crippen molar-refractivity contribution in [3.63, 3.8) is 0 Å². The summed E-state index contributed by atoms with van der Waals surface area (Å²) in [4.78, 5) is 4.48. The SMILES string of the molecule is COc1ccc(C)cc1-n1c(N)nc2c(C)cccc21. The molecule has 0 amide bonds. The van der Waals surface area contributed by atoms with E-state index in [-0.39, 0.29) is 0 Å². The Labute approximate surface area is 117 Å². The molecule has 2 aromatic carbocycles. The second-order valence-electron chi connectivity index (χ2n) is 4.92. The standard InChI is InChI=1S/C16H17N3O/c1-10-7-8-14(20-3)13(9-10)19-12-6-4-5-11(2)15(12)18-16(19)17/h4-9H,1-3H3,(H2,17,18). The van der Waals surface area contributed by atoms with Crippen molar-refractivity contribution >= 4 is 17.0 Å². The lowest BCUT2D eigenvalue weighted by molar-refractivity contribution is 0.413. The first-order valence-corrected chi connectivity index (χ1v) is 6.50. The monoisotopic (exact) mass is 267 g/mol. The number of imidazole rings is 1. The van der Waals surface area contributed by atoms with Crippen molar-refractivity contribution in [1.29, 1.82) is 0 Å². The van der Waals surface area contributed by atoms with E-state index in [1.807, 2.05) is 48.7 Å². The Morgan fingerprint density at radius 1 is 1.15 bits per heavy atom. The van der Waals surface area contributed by atoms with Crippen LogP contribution in [0.1, 0.15) is 11.1 Å². The highest BCUT2D eigenvalue weighted by Gasteiger charge is 2.14. The third kappa shape index (κ3) is 1.81. The van der Waals surface area contributed by atoms with E-state index in [1.165, 1.54) is 0 Å². The van der Waals surface area contributed by atoms with Crippen molar-refractivity contribution < 1.29 is 4.74 Å². The van der Waals surface area contributed by atoms with Gasteiger partial charge in [0.1, 0.15) is 5.75 Å². The topological polar surface area (TPSA) is 53.1 Å². The van der Waals surface area contributed by atoms with Crippen LogP contribution in [0.4, 0.5) is 5.95 Å². The Balaban J connectivity index is 2.38. The van der Waals surface area contributed by atoms with E-state index >= 15 is 0 Å². The Morgan fingerprint density at radius 2 is 1.95 bits per heavy atom. The van der Waals surface area contributed by atoms with Gasteiger partial charge in [0.2, 0.25) is 5.95 Å². The lowest BCUT2D eigenvalue weighted by Crippen LogP contribution is -2.03. The number of nitrogens with zero attached hydrogens (tertiary/aromatic N) is 2. The van der Waals surface area contributed by atoms with Gasteiger partial charge < -0.3 is 10.5 Å². The molecule has 0 atom stereocenters. The lowest BCUT2D eigenvalue weighted by atomic mass is 10.2. The minimum absolute atomic E-state index is 0.471. The number of methoxy groups -OCH3 is 1. The van der Waals surface area contributed by atoms with Crippen molar-refractivity contribution in [2.45, 2.75) is 13.8 Å². The van der Waals surface area contributed by atoms with Crippen LogP contribution in [0.25, 0.3) is 16.7 Å². The van der Waals surface area contributed by atoms with Gasteiger partial charge in [-0.05, 0) is 43.2 Å². The molecule has 4 nitrogen and oxygen atoms in total. The molecule has 1 heterocycles. The third-order valence-electron chi connectivity index (χ3n) is 3.49. The van der Waals surface area contributed by atoms with E-state index in [0.29, 0.717) is 5.95 Å². The maximum absolute atomic E-state index is 6.12. The van der Waals surface area contributed by atoms with Gasteiger partial charge in [-0.1, -0.05) is 18.2 Å². The Bertz CT molecular complexity index is 790. The van der Waals surface area contributed by atoms with Crippen molar-refractivity contribution in [2.75, 3.05) is 12.8 Å². The number of ether oxygens (including phenoxy) is 1.